The SMILES string of the molecule is O=C(NCC(F)(F)F)C1CCCN(c2cnn(Cc3ccccc3)c(=O)c2Cl)C1. The molecule has 1 atom stereocenters. The fourth-order valence-corrected chi connectivity index (χ4v) is 3.55. The van der Waals surface area contributed by atoms with Crippen molar-refractivity contribution in [1.29, 1.82) is 0 Å². The van der Waals surface area contributed by atoms with Crippen LogP contribution in [0.2, 0.25) is 5.02 Å². The van der Waals surface area contributed by atoms with Gasteiger partial charge in [0.2, 0.25) is 5.91 Å². The number of aromatic nitrogens is 2. The van der Waals surface area contributed by atoms with Gasteiger partial charge < -0.3 is 10.2 Å². The Kier molecular flexibility index (Phi) is 6.46. The summed E-state index contributed by atoms with van der Waals surface area (Å²) in [6, 6.07) is 9.31. The first-order valence-electron chi connectivity index (χ1n) is 9.13. The number of halogens is 4. The number of carbonyl (C=O) groups is 1. The van der Waals surface area contributed by atoms with Crippen LogP contribution in [0.15, 0.2) is 41.3 Å². The quantitative estimate of drug-likeness (QED) is 0.795. The summed E-state index contributed by atoms with van der Waals surface area (Å²) < 4.78 is 38.2. The van der Waals surface area contributed by atoms with E-state index in [1.807, 2.05) is 35.6 Å². The number of rotatable bonds is 5. The van der Waals surface area contributed by atoms with Crippen molar-refractivity contribution in [1.82, 2.24) is 15.1 Å². The molecule has 6 nitrogen and oxygen atoms in total. The Morgan fingerprint density at radius 1 is 1.28 bits per heavy atom. The number of alkyl halides is 3. The topological polar surface area (TPSA) is 67.2 Å². The zero-order valence-electron chi connectivity index (χ0n) is 15.5. The van der Waals surface area contributed by atoms with Gasteiger partial charge in [0, 0.05) is 13.1 Å². The molecule has 1 aromatic carbocycles. The molecule has 0 radical (unpaired) electrons. The van der Waals surface area contributed by atoms with Crippen molar-refractivity contribution in [2.75, 3.05) is 24.5 Å². The van der Waals surface area contributed by atoms with Crippen molar-refractivity contribution in [3.8, 4) is 0 Å². The normalized spacial score (nSPS) is 17.2. The van der Waals surface area contributed by atoms with E-state index >= 15 is 0 Å². The number of hydrogen-bond donors (Lipinski definition) is 1. The maximum absolute atomic E-state index is 12.6. The molecule has 1 amide bonds. The lowest BCUT2D eigenvalue weighted by Gasteiger charge is -2.34. The molecule has 0 aliphatic carbocycles. The van der Waals surface area contributed by atoms with Crippen molar-refractivity contribution < 1.29 is 18.0 Å². The fourth-order valence-electron chi connectivity index (χ4n) is 3.29. The molecule has 1 aliphatic heterocycles. The summed E-state index contributed by atoms with van der Waals surface area (Å²) in [5, 5.41) is 6.08. The Morgan fingerprint density at radius 2 is 2.00 bits per heavy atom. The highest BCUT2D eigenvalue weighted by molar-refractivity contribution is 6.33. The third-order valence-corrected chi connectivity index (χ3v) is 5.09. The Balaban J connectivity index is 1.72. The highest BCUT2D eigenvalue weighted by atomic mass is 35.5. The standard InChI is InChI=1S/C19H20ClF3N4O2/c20-16-15(9-25-27(18(16)29)10-13-5-2-1-3-6-13)26-8-4-7-14(11-26)17(28)24-12-19(21,22)23/h1-3,5-6,9,14H,4,7-8,10-12H2,(H,24,28). The van der Waals surface area contributed by atoms with Gasteiger partial charge in [0.15, 0.2) is 0 Å². The van der Waals surface area contributed by atoms with Gasteiger partial charge in [0.05, 0.1) is 24.3 Å². The van der Waals surface area contributed by atoms with Crippen molar-refractivity contribution in [2.45, 2.75) is 25.6 Å². The second kappa shape index (κ2) is 8.86. The van der Waals surface area contributed by atoms with E-state index in [1.165, 1.54) is 10.9 Å². The van der Waals surface area contributed by atoms with Crippen molar-refractivity contribution in [3.05, 3.63) is 57.5 Å². The first-order valence-corrected chi connectivity index (χ1v) is 9.51. The number of anilines is 1. The van der Waals surface area contributed by atoms with Crippen molar-refractivity contribution in [2.24, 2.45) is 5.92 Å². The molecule has 2 heterocycles. The number of amides is 1. The molecule has 1 fully saturated rings. The minimum absolute atomic E-state index is 0.0210. The molecule has 10 heteroatoms. The molecule has 1 N–H and O–H groups in total. The Hall–Kier alpha value is -2.55. The summed E-state index contributed by atoms with van der Waals surface area (Å²) in [6.45, 7) is -0.387. The van der Waals surface area contributed by atoms with Gasteiger partial charge in [0.1, 0.15) is 11.6 Å². The van der Waals surface area contributed by atoms with Gasteiger partial charge in [-0.25, -0.2) is 4.68 Å². The Labute approximate surface area is 170 Å². The van der Waals surface area contributed by atoms with E-state index < -0.39 is 30.1 Å². The van der Waals surface area contributed by atoms with Crippen LogP contribution >= 0.6 is 11.6 Å². The highest BCUT2D eigenvalue weighted by Gasteiger charge is 2.32. The molecule has 3 rings (SSSR count). The number of piperidine rings is 1. The molecule has 1 saturated heterocycles. The summed E-state index contributed by atoms with van der Waals surface area (Å²) in [5.74, 6) is -1.28. The molecule has 29 heavy (non-hydrogen) atoms. The molecule has 1 aromatic heterocycles. The third kappa shape index (κ3) is 5.50. The molecule has 156 valence electrons. The first-order chi connectivity index (χ1) is 13.7. The predicted octanol–water partition coefficient (Wildman–Crippen LogP) is 2.84. The lowest BCUT2D eigenvalue weighted by Crippen LogP contribution is -2.45. The summed E-state index contributed by atoms with van der Waals surface area (Å²) in [7, 11) is 0. The summed E-state index contributed by atoms with van der Waals surface area (Å²) in [4.78, 5) is 26.4. The van der Waals surface area contributed by atoms with E-state index in [2.05, 4.69) is 5.10 Å². The van der Waals surface area contributed by atoms with Crippen LogP contribution in [-0.2, 0) is 11.3 Å². The zero-order chi connectivity index (χ0) is 21.0. The number of nitrogens with one attached hydrogen (secondary N) is 1. The van der Waals surface area contributed by atoms with Crippen LogP contribution < -0.4 is 15.8 Å². The number of nitrogens with zero attached hydrogens (tertiary/aromatic N) is 3. The molecule has 0 saturated carbocycles. The summed E-state index contributed by atoms with van der Waals surface area (Å²) in [5.41, 5.74) is 0.816. The van der Waals surface area contributed by atoms with Gasteiger partial charge in [0.25, 0.3) is 5.56 Å². The summed E-state index contributed by atoms with van der Waals surface area (Å²) >= 11 is 6.28. The Morgan fingerprint density at radius 3 is 2.69 bits per heavy atom. The maximum Gasteiger partial charge on any atom is 0.405 e. The second-order valence-electron chi connectivity index (χ2n) is 6.91. The minimum atomic E-state index is -4.46. The minimum Gasteiger partial charge on any atom is -0.368 e. The second-order valence-corrected chi connectivity index (χ2v) is 7.29. The van der Waals surface area contributed by atoms with Crippen LogP contribution in [0, 0.1) is 5.92 Å². The van der Waals surface area contributed by atoms with Gasteiger partial charge in [-0.05, 0) is 18.4 Å². The van der Waals surface area contributed by atoms with Gasteiger partial charge in [-0.2, -0.15) is 18.3 Å². The largest absolute Gasteiger partial charge is 0.405 e. The van der Waals surface area contributed by atoms with E-state index in [-0.39, 0.29) is 18.1 Å². The fraction of sp³-hybridized carbons (Fsp3) is 0.421. The third-order valence-electron chi connectivity index (χ3n) is 4.74. The van der Waals surface area contributed by atoms with E-state index in [0.29, 0.717) is 25.1 Å². The van der Waals surface area contributed by atoms with E-state index in [0.717, 1.165) is 5.56 Å². The van der Waals surface area contributed by atoms with Gasteiger partial charge in [-0.15, -0.1) is 0 Å². The van der Waals surface area contributed by atoms with Crippen LogP contribution in [0.3, 0.4) is 0 Å². The van der Waals surface area contributed by atoms with Gasteiger partial charge in [-0.3, -0.25) is 9.59 Å². The lowest BCUT2D eigenvalue weighted by molar-refractivity contribution is -0.140. The first kappa shape index (κ1) is 21.2. The lowest BCUT2D eigenvalue weighted by atomic mass is 9.97. The molecule has 1 aliphatic rings. The van der Waals surface area contributed by atoms with Crippen LogP contribution in [0.25, 0.3) is 0 Å². The average molecular weight is 429 g/mol. The van der Waals surface area contributed by atoms with Crippen molar-refractivity contribution in [3.63, 3.8) is 0 Å². The summed E-state index contributed by atoms with van der Waals surface area (Å²) in [6.07, 6.45) is -1.94. The molecule has 0 spiro atoms. The molecule has 0 bridgehead atoms. The highest BCUT2D eigenvalue weighted by Crippen LogP contribution is 2.27. The van der Waals surface area contributed by atoms with Crippen LogP contribution in [-0.4, -0.2) is 41.5 Å². The van der Waals surface area contributed by atoms with Gasteiger partial charge >= 0.3 is 6.18 Å². The predicted molar refractivity (Wildman–Crippen MR) is 103 cm³/mol. The van der Waals surface area contributed by atoms with Crippen LogP contribution in [0.4, 0.5) is 18.9 Å². The van der Waals surface area contributed by atoms with E-state index in [9.17, 15) is 22.8 Å². The maximum atomic E-state index is 12.6. The molecule has 1 unspecified atom stereocenters. The van der Waals surface area contributed by atoms with Crippen molar-refractivity contribution >= 4 is 23.2 Å². The smallest absolute Gasteiger partial charge is 0.368 e. The van der Waals surface area contributed by atoms with Crippen LogP contribution in [0.5, 0.6) is 0 Å². The molecule has 2 aromatic rings. The zero-order valence-corrected chi connectivity index (χ0v) is 16.2. The van der Waals surface area contributed by atoms with Gasteiger partial charge in [-0.1, -0.05) is 41.9 Å². The Bertz CT molecular complexity index is 918. The number of carbonyl (C=O) groups excluding carboxylic acids is 1. The molecular weight excluding hydrogens is 409 g/mol. The number of hydrogen-bond acceptors (Lipinski definition) is 4. The van der Waals surface area contributed by atoms with E-state index in [4.69, 9.17) is 11.6 Å². The average Bonchev–Trinajstić information content (AvgIpc) is 2.70. The van der Waals surface area contributed by atoms with Crippen LogP contribution in [0.1, 0.15) is 18.4 Å². The number of benzene rings is 1. The molecular formula is C19H20ClF3N4O2. The monoisotopic (exact) mass is 428 g/mol. The van der Waals surface area contributed by atoms with E-state index in [1.54, 1.807) is 4.90 Å².